The topological polar surface area (TPSA) is 86.8 Å². The third kappa shape index (κ3) is 4.09. The van der Waals surface area contributed by atoms with E-state index in [4.69, 9.17) is 14.5 Å². The van der Waals surface area contributed by atoms with Crippen LogP contribution in [0, 0.1) is 0 Å². The van der Waals surface area contributed by atoms with Gasteiger partial charge < -0.3 is 14.0 Å². The van der Waals surface area contributed by atoms with E-state index in [0.29, 0.717) is 24.3 Å². The standard InChI is InChI=1S/C20H32N6O4/c1-14-11-25(12-15(2)30-14)13-16-21-18-17(19(27)23(4)20(28)22(18)3)26(16)6-5-24-7-9-29-10-8-24/h14-15H,5-13H2,1-4H3/t14-,15-/m1/s1. The molecular formula is C20H32N6O4. The van der Waals surface area contributed by atoms with Crippen molar-refractivity contribution in [3.8, 4) is 0 Å². The first-order valence-electron chi connectivity index (χ1n) is 10.7. The molecule has 0 aliphatic carbocycles. The van der Waals surface area contributed by atoms with Gasteiger partial charge in [0.25, 0.3) is 5.56 Å². The van der Waals surface area contributed by atoms with Crippen LogP contribution in [0.3, 0.4) is 0 Å². The molecule has 0 unspecified atom stereocenters. The Balaban J connectivity index is 1.71. The number of hydrogen-bond acceptors (Lipinski definition) is 7. The second-order valence-electron chi connectivity index (χ2n) is 8.46. The number of aryl methyl sites for hydroxylation is 1. The monoisotopic (exact) mass is 420 g/mol. The molecule has 0 amide bonds. The number of ether oxygens (including phenoxy) is 2. The predicted molar refractivity (Wildman–Crippen MR) is 113 cm³/mol. The molecule has 10 heteroatoms. The second kappa shape index (κ2) is 8.62. The summed E-state index contributed by atoms with van der Waals surface area (Å²) in [5.41, 5.74) is 0.301. The van der Waals surface area contributed by atoms with Gasteiger partial charge in [0.1, 0.15) is 5.82 Å². The van der Waals surface area contributed by atoms with E-state index >= 15 is 0 Å². The quantitative estimate of drug-likeness (QED) is 0.637. The Labute approximate surface area is 175 Å². The zero-order chi connectivity index (χ0) is 21.4. The molecule has 2 saturated heterocycles. The molecule has 0 aromatic carbocycles. The molecule has 4 heterocycles. The summed E-state index contributed by atoms with van der Waals surface area (Å²) in [6, 6.07) is 0. The van der Waals surface area contributed by atoms with Gasteiger partial charge in [0.2, 0.25) is 0 Å². The van der Waals surface area contributed by atoms with Crippen molar-refractivity contribution in [3.05, 3.63) is 26.7 Å². The van der Waals surface area contributed by atoms with E-state index in [1.807, 2.05) is 4.57 Å². The third-order valence-corrected chi connectivity index (χ3v) is 6.03. The lowest BCUT2D eigenvalue weighted by Gasteiger charge is -2.35. The molecule has 0 spiro atoms. The molecule has 166 valence electrons. The normalized spacial score (nSPS) is 24.0. The summed E-state index contributed by atoms with van der Waals surface area (Å²) in [6.45, 7) is 11.1. The third-order valence-electron chi connectivity index (χ3n) is 6.03. The van der Waals surface area contributed by atoms with Gasteiger partial charge in [-0.15, -0.1) is 0 Å². The summed E-state index contributed by atoms with van der Waals surface area (Å²) in [6.07, 6.45) is 0.300. The van der Waals surface area contributed by atoms with Crippen LogP contribution in [0.4, 0.5) is 0 Å². The maximum atomic E-state index is 13.0. The summed E-state index contributed by atoms with van der Waals surface area (Å²) < 4.78 is 15.9. The van der Waals surface area contributed by atoms with Crippen LogP contribution < -0.4 is 11.2 Å². The minimum absolute atomic E-state index is 0.150. The summed E-state index contributed by atoms with van der Waals surface area (Å²) in [5, 5.41) is 0. The minimum Gasteiger partial charge on any atom is -0.379 e. The maximum Gasteiger partial charge on any atom is 0.332 e. The van der Waals surface area contributed by atoms with Gasteiger partial charge in [-0.3, -0.25) is 23.7 Å². The Morgan fingerprint density at radius 3 is 2.30 bits per heavy atom. The van der Waals surface area contributed by atoms with Gasteiger partial charge in [-0.25, -0.2) is 9.78 Å². The number of rotatable bonds is 5. The highest BCUT2D eigenvalue weighted by atomic mass is 16.5. The van der Waals surface area contributed by atoms with Crippen LogP contribution in [0.25, 0.3) is 11.2 Å². The van der Waals surface area contributed by atoms with Crippen molar-refractivity contribution >= 4 is 11.2 Å². The maximum absolute atomic E-state index is 13.0. The zero-order valence-electron chi connectivity index (χ0n) is 18.3. The largest absolute Gasteiger partial charge is 0.379 e. The van der Waals surface area contributed by atoms with Gasteiger partial charge in [0.15, 0.2) is 11.2 Å². The number of hydrogen-bond donors (Lipinski definition) is 0. The van der Waals surface area contributed by atoms with Crippen molar-refractivity contribution in [2.45, 2.75) is 39.1 Å². The van der Waals surface area contributed by atoms with Gasteiger partial charge in [0, 0.05) is 53.4 Å². The van der Waals surface area contributed by atoms with E-state index in [-0.39, 0.29) is 23.5 Å². The average molecular weight is 421 g/mol. The molecular weight excluding hydrogens is 388 g/mol. The van der Waals surface area contributed by atoms with Crippen molar-refractivity contribution < 1.29 is 9.47 Å². The van der Waals surface area contributed by atoms with Crippen LogP contribution in [-0.4, -0.2) is 86.6 Å². The molecule has 0 N–H and O–H groups in total. The molecule has 2 fully saturated rings. The summed E-state index contributed by atoms with van der Waals surface area (Å²) in [7, 11) is 3.19. The van der Waals surface area contributed by atoms with Crippen molar-refractivity contribution in [1.29, 1.82) is 0 Å². The predicted octanol–water partition coefficient (Wildman–Crippen LogP) is -0.625. The number of aromatic nitrogens is 4. The Morgan fingerprint density at radius 2 is 1.63 bits per heavy atom. The fraction of sp³-hybridized carbons (Fsp3) is 0.750. The summed E-state index contributed by atoms with van der Waals surface area (Å²) in [4.78, 5) is 34.9. The van der Waals surface area contributed by atoms with Crippen molar-refractivity contribution in [3.63, 3.8) is 0 Å². The first-order chi connectivity index (χ1) is 14.3. The highest BCUT2D eigenvalue weighted by Gasteiger charge is 2.26. The molecule has 2 atom stereocenters. The number of fused-ring (bicyclic) bond motifs is 1. The fourth-order valence-corrected chi connectivity index (χ4v) is 4.53. The van der Waals surface area contributed by atoms with E-state index < -0.39 is 0 Å². The Kier molecular flexibility index (Phi) is 6.10. The van der Waals surface area contributed by atoms with E-state index in [9.17, 15) is 9.59 Å². The Bertz CT molecular complexity index is 1010. The highest BCUT2D eigenvalue weighted by molar-refractivity contribution is 5.71. The zero-order valence-corrected chi connectivity index (χ0v) is 18.3. The van der Waals surface area contributed by atoms with Gasteiger partial charge in [0.05, 0.1) is 32.0 Å². The molecule has 2 aromatic rings. The Morgan fingerprint density at radius 1 is 0.967 bits per heavy atom. The minimum atomic E-state index is -0.356. The SMILES string of the molecule is C[C@@H]1CN(Cc2nc3c(c(=O)n(C)c(=O)n3C)n2CCN2CCOCC2)C[C@@H](C)O1. The first-order valence-corrected chi connectivity index (χ1v) is 10.7. The lowest BCUT2D eigenvalue weighted by molar-refractivity contribution is -0.0712. The number of imidazole rings is 1. The van der Waals surface area contributed by atoms with Crippen molar-refractivity contribution in [1.82, 2.24) is 28.5 Å². The van der Waals surface area contributed by atoms with Crippen LogP contribution in [-0.2, 0) is 36.7 Å². The van der Waals surface area contributed by atoms with Crippen LogP contribution in [0.2, 0.25) is 0 Å². The number of morpholine rings is 2. The smallest absolute Gasteiger partial charge is 0.332 e. The van der Waals surface area contributed by atoms with Crippen LogP contribution >= 0.6 is 0 Å². The van der Waals surface area contributed by atoms with E-state index in [1.165, 1.54) is 11.6 Å². The van der Waals surface area contributed by atoms with Gasteiger partial charge >= 0.3 is 5.69 Å². The van der Waals surface area contributed by atoms with E-state index in [1.54, 1.807) is 7.05 Å². The molecule has 0 saturated carbocycles. The summed E-state index contributed by atoms with van der Waals surface area (Å²) >= 11 is 0. The Hall–Kier alpha value is -2.01. The fourth-order valence-electron chi connectivity index (χ4n) is 4.53. The molecule has 10 nitrogen and oxygen atoms in total. The molecule has 30 heavy (non-hydrogen) atoms. The lowest BCUT2D eigenvalue weighted by Crippen LogP contribution is -2.45. The van der Waals surface area contributed by atoms with Crippen LogP contribution in [0.5, 0.6) is 0 Å². The van der Waals surface area contributed by atoms with Crippen molar-refractivity contribution in [2.24, 2.45) is 14.1 Å². The van der Waals surface area contributed by atoms with Crippen LogP contribution in [0.1, 0.15) is 19.7 Å². The van der Waals surface area contributed by atoms with Gasteiger partial charge in [-0.1, -0.05) is 0 Å². The molecule has 0 radical (unpaired) electrons. The summed E-state index contributed by atoms with van der Waals surface area (Å²) in [5.74, 6) is 0.817. The molecule has 0 bridgehead atoms. The van der Waals surface area contributed by atoms with Gasteiger partial charge in [-0.05, 0) is 13.8 Å². The van der Waals surface area contributed by atoms with Crippen molar-refractivity contribution in [2.75, 3.05) is 45.9 Å². The second-order valence-corrected chi connectivity index (χ2v) is 8.46. The van der Waals surface area contributed by atoms with E-state index in [0.717, 1.165) is 56.3 Å². The molecule has 2 aliphatic heterocycles. The lowest BCUT2D eigenvalue weighted by atomic mass is 10.2. The van der Waals surface area contributed by atoms with E-state index in [2.05, 4.69) is 23.6 Å². The average Bonchev–Trinajstić information content (AvgIpc) is 3.07. The van der Waals surface area contributed by atoms with Gasteiger partial charge in [-0.2, -0.15) is 0 Å². The molecule has 4 rings (SSSR count). The van der Waals surface area contributed by atoms with Crippen LogP contribution in [0.15, 0.2) is 9.59 Å². The molecule has 2 aliphatic rings. The highest BCUT2D eigenvalue weighted by Crippen LogP contribution is 2.17. The number of nitrogens with zero attached hydrogens (tertiary/aromatic N) is 6. The molecule has 2 aromatic heterocycles. The first kappa shape index (κ1) is 21.2.